The molecule has 1 saturated heterocycles. The molecule has 100 valence electrons. The van der Waals surface area contributed by atoms with Crippen LogP contribution in [0.5, 0.6) is 0 Å². The molecule has 6 heteroatoms. The average Bonchev–Trinajstić information content (AvgIpc) is 2.26. The molecule has 0 aromatic rings. The van der Waals surface area contributed by atoms with E-state index in [1.165, 1.54) is 0 Å². The lowest BCUT2D eigenvalue weighted by atomic mass is 9.95. The number of hydrogen-bond donors (Lipinski definition) is 1. The van der Waals surface area contributed by atoms with Crippen LogP contribution in [0.3, 0.4) is 0 Å². The number of primary sulfonamides is 1. The fourth-order valence-electron chi connectivity index (χ4n) is 1.98. The number of piperidine rings is 1. The van der Waals surface area contributed by atoms with Crippen LogP contribution in [0, 0.1) is 11.8 Å². The zero-order valence-electron chi connectivity index (χ0n) is 10.7. The molecule has 1 amide bonds. The Balaban J connectivity index is 2.70. The van der Waals surface area contributed by atoms with Crippen molar-refractivity contribution in [1.82, 2.24) is 4.90 Å². The van der Waals surface area contributed by atoms with Crippen LogP contribution < -0.4 is 5.14 Å². The normalized spacial score (nSPS) is 23.8. The summed E-state index contributed by atoms with van der Waals surface area (Å²) in [6.45, 7) is 6.75. The first-order chi connectivity index (χ1) is 7.73. The Labute approximate surface area is 103 Å². The maximum absolute atomic E-state index is 12.1. The minimum Gasteiger partial charge on any atom is -0.341 e. The molecule has 2 unspecified atom stereocenters. The van der Waals surface area contributed by atoms with Crippen LogP contribution in [0.15, 0.2) is 0 Å². The SMILES string of the molecule is CC(C)C(C)C(=O)N1CCCC(S(N)(=O)=O)C1. The summed E-state index contributed by atoms with van der Waals surface area (Å²) in [5, 5.41) is 4.55. The second-order valence-electron chi connectivity index (χ2n) is 5.17. The first-order valence-electron chi connectivity index (χ1n) is 6.04. The minimum absolute atomic E-state index is 0.0355. The molecule has 5 nitrogen and oxygen atoms in total. The third-order valence-corrected chi connectivity index (χ3v) is 4.86. The van der Waals surface area contributed by atoms with Crippen LogP contribution in [0.25, 0.3) is 0 Å². The van der Waals surface area contributed by atoms with Gasteiger partial charge in [0.25, 0.3) is 0 Å². The highest BCUT2D eigenvalue weighted by Gasteiger charge is 2.32. The van der Waals surface area contributed by atoms with Crippen molar-refractivity contribution in [3.63, 3.8) is 0 Å². The predicted octanol–water partition coefficient (Wildman–Crippen LogP) is 0.558. The first kappa shape index (κ1) is 14.4. The molecule has 2 N–H and O–H groups in total. The molecule has 1 fully saturated rings. The summed E-state index contributed by atoms with van der Waals surface area (Å²) in [6.07, 6.45) is 1.26. The number of carbonyl (C=O) groups excluding carboxylic acids is 1. The van der Waals surface area contributed by atoms with Gasteiger partial charge in [-0.25, -0.2) is 13.6 Å². The summed E-state index contributed by atoms with van der Waals surface area (Å²) in [5.41, 5.74) is 0. The number of rotatable bonds is 3. The lowest BCUT2D eigenvalue weighted by Crippen LogP contribution is -2.49. The third-order valence-electron chi connectivity index (χ3n) is 3.54. The van der Waals surface area contributed by atoms with E-state index in [1.807, 2.05) is 20.8 Å². The fraction of sp³-hybridized carbons (Fsp3) is 0.909. The van der Waals surface area contributed by atoms with E-state index in [0.29, 0.717) is 19.4 Å². The lowest BCUT2D eigenvalue weighted by Gasteiger charge is -2.34. The van der Waals surface area contributed by atoms with Crippen LogP contribution in [0.2, 0.25) is 0 Å². The van der Waals surface area contributed by atoms with Gasteiger partial charge in [0, 0.05) is 19.0 Å². The third kappa shape index (κ3) is 3.67. The number of nitrogens with zero attached hydrogens (tertiary/aromatic N) is 1. The number of carbonyl (C=O) groups is 1. The van der Waals surface area contributed by atoms with Crippen molar-refractivity contribution >= 4 is 15.9 Å². The summed E-state index contributed by atoms with van der Waals surface area (Å²) >= 11 is 0. The smallest absolute Gasteiger partial charge is 0.225 e. The highest BCUT2D eigenvalue weighted by atomic mass is 32.2. The molecule has 0 aliphatic carbocycles. The number of amides is 1. The van der Waals surface area contributed by atoms with Crippen molar-refractivity contribution in [3.8, 4) is 0 Å². The second kappa shape index (κ2) is 5.35. The lowest BCUT2D eigenvalue weighted by molar-refractivity contribution is -0.137. The van der Waals surface area contributed by atoms with E-state index in [4.69, 9.17) is 5.14 Å². The van der Waals surface area contributed by atoms with Crippen molar-refractivity contribution < 1.29 is 13.2 Å². The summed E-state index contributed by atoms with van der Waals surface area (Å²) in [7, 11) is -3.53. The van der Waals surface area contributed by atoms with Gasteiger partial charge in [-0.05, 0) is 18.8 Å². The van der Waals surface area contributed by atoms with Crippen LogP contribution in [0.4, 0.5) is 0 Å². The molecule has 0 bridgehead atoms. The van der Waals surface area contributed by atoms with E-state index >= 15 is 0 Å². The van der Waals surface area contributed by atoms with E-state index in [2.05, 4.69) is 0 Å². The van der Waals surface area contributed by atoms with Gasteiger partial charge in [0.1, 0.15) is 0 Å². The summed E-state index contributed by atoms with van der Waals surface area (Å²) in [6, 6.07) is 0. The van der Waals surface area contributed by atoms with E-state index in [0.717, 1.165) is 0 Å². The number of hydrogen-bond acceptors (Lipinski definition) is 3. The van der Waals surface area contributed by atoms with Gasteiger partial charge in [-0.1, -0.05) is 20.8 Å². The molecule has 0 spiro atoms. The molecular weight excluding hydrogens is 240 g/mol. The zero-order chi connectivity index (χ0) is 13.2. The largest absolute Gasteiger partial charge is 0.341 e. The maximum Gasteiger partial charge on any atom is 0.225 e. The van der Waals surface area contributed by atoms with Crippen molar-refractivity contribution in [2.75, 3.05) is 13.1 Å². The molecule has 1 aliphatic rings. The van der Waals surface area contributed by atoms with E-state index in [9.17, 15) is 13.2 Å². The van der Waals surface area contributed by atoms with Crippen LogP contribution >= 0.6 is 0 Å². The van der Waals surface area contributed by atoms with Crippen molar-refractivity contribution in [1.29, 1.82) is 0 Å². The van der Waals surface area contributed by atoms with Gasteiger partial charge in [0.15, 0.2) is 0 Å². The number of sulfonamides is 1. The Morgan fingerprint density at radius 3 is 2.41 bits per heavy atom. The van der Waals surface area contributed by atoms with E-state index < -0.39 is 15.3 Å². The summed E-state index contributed by atoms with van der Waals surface area (Å²) in [4.78, 5) is 13.7. The second-order valence-corrected chi connectivity index (χ2v) is 7.01. The Hall–Kier alpha value is -0.620. The van der Waals surface area contributed by atoms with Crippen LogP contribution in [0.1, 0.15) is 33.6 Å². The Bertz CT molecular complexity index is 378. The fourth-order valence-corrected chi connectivity index (χ4v) is 2.86. The van der Waals surface area contributed by atoms with Crippen LogP contribution in [-0.2, 0) is 14.8 Å². The molecule has 17 heavy (non-hydrogen) atoms. The van der Waals surface area contributed by atoms with Gasteiger partial charge in [-0.2, -0.15) is 0 Å². The highest BCUT2D eigenvalue weighted by molar-refractivity contribution is 7.89. The first-order valence-corrected chi connectivity index (χ1v) is 7.64. The molecule has 1 rings (SSSR count). The monoisotopic (exact) mass is 262 g/mol. The molecular formula is C11H22N2O3S. The molecule has 0 aromatic carbocycles. The van der Waals surface area contributed by atoms with Gasteiger partial charge in [-0.15, -0.1) is 0 Å². The van der Waals surface area contributed by atoms with E-state index in [1.54, 1.807) is 4.90 Å². The minimum atomic E-state index is -3.53. The van der Waals surface area contributed by atoms with Crippen molar-refractivity contribution in [3.05, 3.63) is 0 Å². The predicted molar refractivity (Wildman–Crippen MR) is 66.7 cm³/mol. The standard InChI is InChI=1S/C11H22N2O3S/c1-8(2)9(3)11(14)13-6-4-5-10(7-13)17(12,15)16/h8-10H,4-7H2,1-3H3,(H2,12,15,16). The molecule has 1 aliphatic heterocycles. The van der Waals surface area contributed by atoms with Gasteiger partial charge >= 0.3 is 0 Å². The van der Waals surface area contributed by atoms with Crippen molar-refractivity contribution in [2.45, 2.75) is 38.9 Å². The molecule has 0 aromatic heterocycles. The Morgan fingerprint density at radius 1 is 1.35 bits per heavy atom. The number of nitrogens with two attached hydrogens (primary N) is 1. The average molecular weight is 262 g/mol. The van der Waals surface area contributed by atoms with Gasteiger partial charge in [-0.3, -0.25) is 4.79 Å². The molecule has 1 heterocycles. The van der Waals surface area contributed by atoms with Gasteiger partial charge in [0.2, 0.25) is 15.9 Å². The number of likely N-dealkylation sites (tertiary alicyclic amines) is 1. The van der Waals surface area contributed by atoms with Gasteiger partial charge < -0.3 is 4.90 Å². The Kier molecular flexibility index (Phi) is 4.55. The Morgan fingerprint density at radius 2 is 1.94 bits per heavy atom. The maximum atomic E-state index is 12.1. The quantitative estimate of drug-likeness (QED) is 0.807. The summed E-state index contributed by atoms with van der Waals surface area (Å²) in [5.74, 6) is 0.222. The topological polar surface area (TPSA) is 80.5 Å². The zero-order valence-corrected chi connectivity index (χ0v) is 11.5. The summed E-state index contributed by atoms with van der Waals surface area (Å²) < 4.78 is 22.6. The van der Waals surface area contributed by atoms with Crippen molar-refractivity contribution in [2.24, 2.45) is 17.0 Å². The molecule has 0 radical (unpaired) electrons. The highest BCUT2D eigenvalue weighted by Crippen LogP contribution is 2.20. The molecule has 0 saturated carbocycles. The van der Waals surface area contributed by atoms with E-state index in [-0.39, 0.29) is 24.3 Å². The molecule has 2 atom stereocenters. The van der Waals surface area contributed by atoms with Crippen LogP contribution in [-0.4, -0.2) is 37.6 Å². The van der Waals surface area contributed by atoms with Gasteiger partial charge in [0.05, 0.1) is 5.25 Å².